The fraction of sp³-hybridized carbons (Fsp3) is 0.364. The number of ether oxygens (including phenoxy) is 1. The fourth-order valence-corrected chi connectivity index (χ4v) is 2.00. The third-order valence-corrected chi connectivity index (χ3v) is 2.84. The van der Waals surface area contributed by atoms with Crippen molar-refractivity contribution in [2.75, 3.05) is 13.2 Å². The molecule has 5 heteroatoms. The number of benzene rings is 1. The summed E-state index contributed by atoms with van der Waals surface area (Å²) < 4.78 is 31.6. The second kappa shape index (κ2) is 3.52. The maximum atomic E-state index is 13.4. The van der Waals surface area contributed by atoms with E-state index in [0.29, 0.717) is 24.6 Å². The lowest BCUT2D eigenvalue weighted by Crippen LogP contribution is -1.99. The van der Waals surface area contributed by atoms with E-state index < -0.39 is 11.6 Å². The zero-order chi connectivity index (χ0) is 11.1. The molecule has 0 radical (unpaired) electrons. The van der Waals surface area contributed by atoms with Crippen molar-refractivity contribution in [2.24, 2.45) is 0 Å². The molecule has 84 valence electrons. The molecule has 1 aromatic carbocycles. The first-order valence-electron chi connectivity index (χ1n) is 5.16. The SMILES string of the molecule is Fc1cc(F)c2nc(C3CCOC3)[nH]c2c1. The molecule has 1 N–H and O–H groups in total. The van der Waals surface area contributed by atoms with Crippen molar-refractivity contribution in [3.63, 3.8) is 0 Å². The van der Waals surface area contributed by atoms with Crippen LogP contribution in [0.1, 0.15) is 18.2 Å². The highest BCUT2D eigenvalue weighted by atomic mass is 19.1. The lowest BCUT2D eigenvalue weighted by Gasteiger charge is -2.00. The van der Waals surface area contributed by atoms with Gasteiger partial charge in [-0.3, -0.25) is 0 Å². The molecule has 1 unspecified atom stereocenters. The largest absolute Gasteiger partial charge is 0.381 e. The van der Waals surface area contributed by atoms with Gasteiger partial charge in [0, 0.05) is 18.6 Å². The Labute approximate surface area is 90.4 Å². The maximum Gasteiger partial charge on any atom is 0.153 e. The number of rotatable bonds is 1. The van der Waals surface area contributed by atoms with Crippen LogP contribution in [-0.4, -0.2) is 23.2 Å². The summed E-state index contributed by atoms with van der Waals surface area (Å²) >= 11 is 0. The predicted molar refractivity (Wildman–Crippen MR) is 54.2 cm³/mol. The fourth-order valence-electron chi connectivity index (χ4n) is 2.00. The molecule has 3 rings (SSSR count). The molecule has 0 spiro atoms. The highest BCUT2D eigenvalue weighted by Crippen LogP contribution is 2.26. The van der Waals surface area contributed by atoms with Gasteiger partial charge in [-0.15, -0.1) is 0 Å². The number of hydrogen-bond acceptors (Lipinski definition) is 2. The van der Waals surface area contributed by atoms with E-state index in [1.54, 1.807) is 0 Å². The van der Waals surface area contributed by atoms with E-state index in [1.807, 2.05) is 0 Å². The van der Waals surface area contributed by atoms with Crippen molar-refractivity contribution < 1.29 is 13.5 Å². The quantitative estimate of drug-likeness (QED) is 0.807. The van der Waals surface area contributed by atoms with E-state index in [-0.39, 0.29) is 11.4 Å². The summed E-state index contributed by atoms with van der Waals surface area (Å²) in [6.07, 6.45) is 0.865. The van der Waals surface area contributed by atoms with E-state index in [0.717, 1.165) is 12.5 Å². The Hall–Kier alpha value is -1.49. The molecule has 1 saturated heterocycles. The van der Waals surface area contributed by atoms with Crippen LogP contribution in [0.3, 0.4) is 0 Å². The first-order valence-corrected chi connectivity index (χ1v) is 5.16. The van der Waals surface area contributed by atoms with Crippen LogP contribution < -0.4 is 0 Å². The van der Waals surface area contributed by atoms with Crippen LogP contribution in [0.25, 0.3) is 11.0 Å². The third kappa shape index (κ3) is 1.48. The summed E-state index contributed by atoms with van der Waals surface area (Å²) in [5.41, 5.74) is 0.600. The molecule has 1 aliphatic rings. The van der Waals surface area contributed by atoms with Gasteiger partial charge in [0.05, 0.1) is 12.1 Å². The summed E-state index contributed by atoms with van der Waals surface area (Å²) in [4.78, 5) is 7.11. The molecule has 2 aromatic rings. The van der Waals surface area contributed by atoms with Gasteiger partial charge in [-0.25, -0.2) is 13.8 Å². The molecule has 0 amide bonds. The van der Waals surface area contributed by atoms with Crippen molar-refractivity contribution in [1.82, 2.24) is 9.97 Å². The second-order valence-electron chi connectivity index (χ2n) is 3.97. The van der Waals surface area contributed by atoms with Crippen LogP contribution in [0.4, 0.5) is 8.78 Å². The highest BCUT2D eigenvalue weighted by molar-refractivity contribution is 5.75. The van der Waals surface area contributed by atoms with E-state index in [1.165, 1.54) is 6.07 Å². The molecule has 2 heterocycles. The van der Waals surface area contributed by atoms with Crippen LogP contribution in [0.15, 0.2) is 12.1 Å². The third-order valence-electron chi connectivity index (χ3n) is 2.84. The van der Waals surface area contributed by atoms with Gasteiger partial charge in [0.25, 0.3) is 0 Å². The minimum atomic E-state index is -0.628. The second-order valence-corrected chi connectivity index (χ2v) is 3.97. The number of aromatic amines is 1. The van der Waals surface area contributed by atoms with Crippen molar-refractivity contribution >= 4 is 11.0 Å². The summed E-state index contributed by atoms with van der Waals surface area (Å²) in [6.45, 7) is 1.28. The molecular formula is C11H10F2N2O. The zero-order valence-corrected chi connectivity index (χ0v) is 8.46. The van der Waals surface area contributed by atoms with Gasteiger partial charge in [-0.1, -0.05) is 0 Å². The normalized spacial score (nSPS) is 20.8. The Kier molecular flexibility index (Phi) is 2.14. The molecule has 0 bridgehead atoms. The van der Waals surface area contributed by atoms with E-state index in [4.69, 9.17) is 4.74 Å². The maximum absolute atomic E-state index is 13.4. The number of imidazole rings is 1. The van der Waals surface area contributed by atoms with Gasteiger partial charge >= 0.3 is 0 Å². The molecule has 3 nitrogen and oxygen atoms in total. The van der Waals surface area contributed by atoms with Crippen LogP contribution in [0, 0.1) is 11.6 Å². The van der Waals surface area contributed by atoms with Crippen molar-refractivity contribution in [3.05, 3.63) is 29.6 Å². The number of H-pyrrole nitrogens is 1. The van der Waals surface area contributed by atoms with Gasteiger partial charge in [0.1, 0.15) is 17.2 Å². The van der Waals surface area contributed by atoms with Crippen LogP contribution in [0.2, 0.25) is 0 Å². The molecule has 1 aromatic heterocycles. The van der Waals surface area contributed by atoms with Gasteiger partial charge in [-0.2, -0.15) is 0 Å². The molecule has 0 aliphatic carbocycles. The van der Waals surface area contributed by atoms with Crippen molar-refractivity contribution in [2.45, 2.75) is 12.3 Å². The standard InChI is InChI=1S/C11H10F2N2O/c12-7-3-8(13)10-9(4-7)14-11(15-10)6-1-2-16-5-6/h3-4,6H,1-2,5H2,(H,14,15). The van der Waals surface area contributed by atoms with Crippen LogP contribution in [0.5, 0.6) is 0 Å². The molecule has 16 heavy (non-hydrogen) atoms. The Morgan fingerprint density at radius 2 is 2.25 bits per heavy atom. The number of nitrogens with one attached hydrogen (secondary N) is 1. The molecular weight excluding hydrogens is 214 g/mol. The van der Waals surface area contributed by atoms with Gasteiger partial charge < -0.3 is 9.72 Å². The molecule has 1 fully saturated rings. The average molecular weight is 224 g/mol. The van der Waals surface area contributed by atoms with E-state index in [2.05, 4.69) is 9.97 Å². The molecule has 1 aliphatic heterocycles. The van der Waals surface area contributed by atoms with Gasteiger partial charge in [0.2, 0.25) is 0 Å². The molecule has 1 atom stereocenters. The Bertz CT molecular complexity index is 532. The average Bonchev–Trinajstić information content (AvgIpc) is 2.82. The van der Waals surface area contributed by atoms with Crippen molar-refractivity contribution in [1.29, 1.82) is 0 Å². The summed E-state index contributed by atoms with van der Waals surface area (Å²) in [5, 5.41) is 0. The first-order chi connectivity index (χ1) is 7.74. The Balaban J connectivity index is 2.11. The predicted octanol–water partition coefficient (Wildman–Crippen LogP) is 2.34. The highest BCUT2D eigenvalue weighted by Gasteiger charge is 2.22. The Morgan fingerprint density at radius 1 is 1.38 bits per heavy atom. The minimum Gasteiger partial charge on any atom is -0.381 e. The zero-order valence-electron chi connectivity index (χ0n) is 8.46. The Morgan fingerprint density at radius 3 is 3.00 bits per heavy atom. The monoisotopic (exact) mass is 224 g/mol. The first kappa shape index (κ1) is 9.72. The summed E-state index contributed by atoms with van der Waals surface area (Å²) in [6, 6.07) is 2.10. The minimum absolute atomic E-state index is 0.162. The number of nitrogens with zero attached hydrogens (tertiary/aromatic N) is 1. The number of aromatic nitrogens is 2. The van der Waals surface area contributed by atoms with E-state index in [9.17, 15) is 8.78 Å². The van der Waals surface area contributed by atoms with Gasteiger partial charge in [0.15, 0.2) is 5.82 Å². The smallest absolute Gasteiger partial charge is 0.153 e. The topological polar surface area (TPSA) is 37.9 Å². The number of halogens is 2. The number of fused-ring (bicyclic) bond motifs is 1. The van der Waals surface area contributed by atoms with Gasteiger partial charge in [-0.05, 0) is 12.5 Å². The molecule has 0 saturated carbocycles. The summed E-state index contributed by atoms with van der Waals surface area (Å²) in [7, 11) is 0. The summed E-state index contributed by atoms with van der Waals surface area (Å²) in [5.74, 6) is -0.383. The lowest BCUT2D eigenvalue weighted by molar-refractivity contribution is 0.193. The lowest BCUT2D eigenvalue weighted by atomic mass is 10.1. The van der Waals surface area contributed by atoms with E-state index >= 15 is 0 Å². The number of hydrogen-bond donors (Lipinski definition) is 1. The van der Waals surface area contributed by atoms with Crippen LogP contribution in [-0.2, 0) is 4.74 Å². The van der Waals surface area contributed by atoms with Crippen molar-refractivity contribution in [3.8, 4) is 0 Å². The van der Waals surface area contributed by atoms with Crippen LogP contribution >= 0.6 is 0 Å².